The van der Waals surface area contributed by atoms with Crippen LogP contribution in [0.25, 0.3) is 0 Å². The largest absolute Gasteiger partial charge is 0.481 e. The summed E-state index contributed by atoms with van der Waals surface area (Å²) in [5.74, 6) is -1.66. The van der Waals surface area contributed by atoms with E-state index in [1.54, 1.807) is 6.07 Å². The van der Waals surface area contributed by atoms with E-state index in [4.69, 9.17) is 33.0 Å². The van der Waals surface area contributed by atoms with Gasteiger partial charge in [0.1, 0.15) is 0 Å². The lowest BCUT2D eigenvalue weighted by Gasteiger charge is -2.33. The number of anilines is 1. The van der Waals surface area contributed by atoms with Crippen LogP contribution < -0.4 is 4.90 Å². The van der Waals surface area contributed by atoms with Crippen molar-refractivity contribution in [3.63, 3.8) is 0 Å². The normalized spacial score (nSPS) is 15.9. The summed E-state index contributed by atoms with van der Waals surface area (Å²) < 4.78 is 4.76. The van der Waals surface area contributed by atoms with E-state index in [-0.39, 0.29) is 5.92 Å². The second kappa shape index (κ2) is 6.54. The number of hydrogen-bond donors (Lipinski definition) is 1. The van der Waals surface area contributed by atoms with Crippen LogP contribution in [-0.4, -0.2) is 37.2 Å². The molecule has 1 aromatic carbocycles. The minimum atomic E-state index is -0.787. The van der Waals surface area contributed by atoms with Crippen molar-refractivity contribution in [3.8, 4) is 0 Å². The highest BCUT2D eigenvalue weighted by molar-refractivity contribution is 6.37. The molecule has 1 N–H and O–H groups in total. The Balaban J connectivity index is 2.31. The number of carbonyl (C=O) groups excluding carboxylic acids is 1. The van der Waals surface area contributed by atoms with Gasteiger partial charge in [-0.2, -0.15) is 0 Å². The standard InChI is InChI=1S/C14H15Cl2NO4/c1-21-14(20)10-6-9(15)7-11(16)12(10)17-4-2-8(3-5-17)13(18)19/h6-8H,2-5H2,1H3,(H,18,19). The lowest BCUT2D eigenvalue weighted by Crippen LogP contribution is -2.37. The van der Waals surface area contributed by atoms with Gasteiger partial charge in [0.25, 0.3) is 0 Å². The Hall–Kier alpha value is -1.46. The van der Waals surface area contributed by atoms with Crippen LogP contribution in [0.3, 0.4) is 0 Å². The van der Waals surface area contributed by atoms with Gasteiger partial charge >= 0.3 is 11.9 Å². The van der Waals surface area contributed by atoms with Gasteiger partial charge in [-0.25, -0.2) is 4.79 Å². The molecule has 0 amide bonds. The number of halogens is 2. The monoisotopic (exact) mass is 331 g/mol. The number of piperidine rings is 1. The first-order valence-corrected chi connectivity index (χ1v) is 7.24. The van der Waals surface area contributed by atoms with Crippen molar-refractivity contribution < 1.29 is 19.4 Å². The third-order valence-corrected chi connectivity index (χ3v) is 4.10. The predicted molar refractivity (Wildman–Crippen MR) is 80.4 cm³/mol. The molecule has 1 heterocycles. The van der Waals surface area contributed by atoms with E-state index in [0.717, 1.165) is 0 Å². The Morgan fingerprint density at radius 2 is 1.90 bits per heavy atom. The molecule has 5 nitrogen and oxygen atoms in total. The number of ether oxygens (including phenoxy) is 1. The molecule has 1 aromatic rings. The van der Waals surface area contributed by atoms with Gasteiger partial charge < -0.3 is 14.7 Å². The summed E-state index contributed by atoms with van der Waals surface area (Å²) in [7, 11) is 1.29. The van der Waals surface area contributed by atoms with Gasteiger partial charge in [0.05, 0.1) is 29.3 Å². The maximum absolute atomic E-state index is 11.9. The molecule has 0 radical (unpaired) electrons. The van der Waals surface area contributed by atoms with Gasteiger partial charge in [0.15, 0.2) is 0 Å². The molecule has 1 saturated heterocycles. The minimum absolute atomic E-state index is 0.295. The van der Waals surface area contributed by atoms with Crippen molar-refractivity contribution in [2.45, 2.75) is 12.8 Å². The lowest BCUT2D eigenvalue weighted by atomic mass is 9.96. The molecule has 0 saturated carbocycles. The van der Waals surface area contributed by atoms with Crippen molar-refractivity contribution in [3.05, 3.63) is 27.7 Å². The summed E-state index contributed by atoms with van der Waals surface area (Å²) in [4.78, 5) is 24.8. The molecule has 0 unspecified atom stereocenters. The molecule has 1 aliphatic heterocycles. The Morgan fingerprint density at radius 1 is 1.29 bits per heavy atom. The van der Waals surface area contributed by atoms with Gasteiger partial charge in [-0.3, -0.25) is 4.79 Å². The molecule has 0 spiro atoms. The van der Waals surface area contributed by atoms with Crippen LogP contribution in [0.15, 0.2) is 12.1 Å². The Kier molecular flexibility index (Phi) is 4.96. The summed E-state index contributed by atoms with van der Waals surface area (Å²) in [5, 5.41) is 9.74. The highest BCUT2D eigenvalue weighted by atomic mass is 35.5. The predicted octanol–water partition coefficient (Wildman–Crippen LogP) is 3.08. The van der Waals surface area contributed by atoms with Crippen LogP contribution in [0.1, 0.15) is 23.2 Å². The van der Waals surface area contributed by atoms with Gasteiger partial charge in [-0.05, 0) is 25.0 Å². The van der Waals surface area contributed by atoms with Crippen LogP contribution in [0.4, 0.5) is 5.69 Å². The maximum atomic E-state index is 11.9. The van der Waals surface area contributed by atoms with E-state index in [1.165, 1.54) is 13.2 Å². The number of aliphatic carboxylic acids is 1. The first-order valence-electron chi connectivity index (χ1n) is 6.49. The fraction of sp³-hybridized carbons (Fsp3) is 0.429. The van der Waals surface area contributed by atoms with E-state index >= 15 is 0 Å². The second-order valence-corrected chi connectivity index (χ2v) is 5.72. The van der Waals surface area contributed by atoms with Crippen LogP contribution in [0, 0.1) is 5.92 Å². The molecule has 1 fully saturated rings. The zero-order valence-electron chi connectivity index (χ0n) is 11.4. The third-order valence-electron chi connectivity index (χ3n) is 3.59. The van der Waals surface area contributed by atoms with E-state index in [2.05, 4.69) is 0 Å². The molecular weight excluding hydrogens is 317 g/mol. The van der Waals surface area contributed by atoms with E-state index < -0.39 is 11.9 Å². The zero-order valence-corrected chi connectivity index (χ0v) is 12.9. The number of nitrogens with zero attached hydrogens (tertiary/aromatic N) is 1. The van der Waals surface area contributed by atoms with Crippen LogP contribution in [-0.2, 0) is 9.53 Å². The van der Waals surface area contributed by atoms with Gasteiger partial charge in [-0.1, -0.05) is 23.2 Å². The molecule has 114 valence electrons. The summed E-state index contributed by atoms with van der Waals surface area (Å²) >= 11 is 12.2. The topological polar surface area (TPSA) is 66.8 Å². The second-order valence-electron chi connectivity index (χ2n) is 4.87. The minimum Gasteiger partial charge on any atom is -0.481 e. The Morgan fingerprint density at radius 3 is 2.43 bits per heavy atom. The highest BCUT2D eigenvalue weighted by Gasteiger charge is 2.28. The molecular formula is C14H15Cl2NO4. The lowest BCUT2D eigenvalue weighted by molar-refractivity contribution is -0.142. The maximum Gasteiger partial charge on any atom is 0.340 e. The van der Waals surface area contributed by atoms with Crippen molar-refractivity contribution in [2.24, 2.45) is 5.92 Å². The number of carboxylic acid groups (broad SMARTS) is 1. The van der Waals surface area contributed by atoms with Gasteiger partial charge in [0.2, 0.25) is 0 Å². The zero-order chi connectivity index (χ0) is 15.6. The van der Waals surface area contributed by atoms with E-state index in [0.29, 0.717) is 47.2 Å². The number of carbonyl (C=O) groups is 2. The summed E-state index contributed by atoms with van der Waals surface area (Å²) in [6.07, 6.45) is 1.02. The average Bonchev–Trinajstić information content (AvgIpc) is 2.45. The van der Waals surface area contributed by atoms with E-state index in [9.17, 15) is 9.59 Å². The number of benzene rings is 1. The van der Waals surface area contributed by atoms with Crippen molar-refractivity contribution in [1.29, 1.82) is 0 Å². The number of hydrogen-bond acceptors (Lipinski definition) is 4. The van der Waals surface area contributed by atoms with Gasteiger partial charge in [-0.15, -0.1) is 0 Å². The Bertz CT molecular complexity index is 568. The first-order chi connectivity index (χ1) is 9.93. The number of carboxylic acids is 1. The van der Waals surface area contributed by atoms with Crippen LogP contribution in [0.2, 0.25) is 10.0 Å². The molecule has 2 rings (SSSR count). The van der Waals surface area contributed by atoms with Crippen molar-refractivity contribution in [1.82, 2.24) is 0 Å². The molecule has 21 heavy (non-hydrogen) atoms. The Labute approximate surface area is 132 Å². The smallest absolute Gasteiger partial charge is 0.340 e. The molecule has 0 aromatic heterocycles. The van der Waals surface area contributed by atoms with Crippen molar-refractivity contribution >= 4 is 40.8 Å². The van der Waals surface area contributed by atoms with Crippen molar-refractivity contribution in [2.75, 3.05) is 25.1 Å². The molecule has 1 aliphatic rings. The summed E-state index contributed by atoms with van der Waals surface area (Å²) in [6, 6.07) is 3.08. The number of rotatable bonds is 3. The summed E-state index contributed by atoms with van der Waals surface area (Å²) in [5.41, 5.74) is 0.848. The van der Waals surface area contributed by atoms with Crippen LogP contribution >= 0.6 is 23.2 Å². The number of methoxy groups -OCH3 is 1. The molecule has 0 atom stereocenters. The first kappa shape index (κ1) is 15.9. The molecule has 7 heteroatoms. The SMILES string of the molecule is COC(=O)c1cc(Cl)cc(Cl)c1N1CCC(C(=O)O)CC1. The van der Waals surface area contributed by atoms with Crippen LogP contribution in [0.5, 0.6) is 0 Å². The quantitative estimate of drug-likeness (QED) is 0.862. The molecule has 0 aliphatic carbocycles. The third kappa shape index (κ3) is 3.41. The fourth-order valence-electron chi connectivity index (χ4n) is 2.50. The highest BCUT2D eigenvalue weighted by Crippen LogP contribution is 2.36. The number of esters is 1. The molecule has 0 bridgehead atoms. The average molecular weight is 332 g/mol. The summed E-state index contributed by atoms with van der Waals surface area (Å²) in [6.45, 7) is 1.03. The fourth-order valence-corrected chi connectivity index (χ4v) is 3.12. The van der Waals surface area contributed by atoms with Gasteiger partial charge in [0, 0.05) is 18.1 Å². The van der Waals surface area contributed by atoms with E-state index in [1.807, 2.05) is 4.90 Å².